The quantitative estimate of drug-likeness (QED) is 0.351. The summed E-state index contributed by atoms with van der Waals surface area (Å²) in [5.74, 6) is 1.20. The van der Waals surface area contributed by atoms with Gasteiger partial charge in [0.1, 0.15) is 5.75 Å². The van der Waals surface area contributed by atoms with E-state index in [2.05, 4.69) is 45.4 Å². The molecule has 0 aliphatic carbocycles. The third-order valence-electron chi connectivity index (χ3n) is 5.99. The van der Waals surface area contributed by atoms with Gasteiger partial charge in [-0.25, -0.2) is 9.50 Å². The lowest BCUT2D eigenvalue weighted by Gasteiger charge is -2.26. The Morgan fingerprint density at radius 1 is 1.00 bits per heavy atom. The number of hydrogen-bond donors (Lipinski definition) is 1. The molecule has 8 heteroatoms. The molecule has 0 bridgehead atoms. The lowest BCUT2D eigenvalue weighted by molar-refractivity contribution is 0.414. The van der Waals surface area contributed by atoms with Crippen LogP contribution in [0.15, 0.2) is 95.8 Å². The van der Waals surface area contributed by atoms with Crippen LogP contribution in [0.1, 0.15) is 5.56 Å². The molecular weight excluding hydrogens is 440 g/mol. The number of nitrogen functional groups attached to an aromatic ring is 1. The second kappa shape index (κ2) is 8.49. The molecule has 8 nitrogen and oxygen atoms in total. The van der Waals surface area contributed by atoms with E-state index in [1.165, 1.54) is 0 Å². The number of nitrogens with two attached hydrogens (primary N) is 1. The van der Waals surface area contributed by atoms with Crippen LogP contribution < -0.4 is 15.4 Å². The highest BCUT2D eigenvalue weighted by Gasteiger charge is 2.18. The summed E-state index contributed by atoms with van der Waals surface area (Å²) in [5.41, 5.74) is 12.1. The summed E-state index contributed by atoms with van der Waals surface area (Å²) in [5, 5.41) is 9.45. The molecule has 0 aliphatic heterocycles. The number of hydrogen-bond acceptors (Lipinski definition) is 7. The highest BCUT2D eigenvalue weighted by Crippen LogP contribution is 2.34. The van der Waals surface area contributed by atoms with E-state index in [0.29, 0.717) is 17.9 Å². The Morgan fingerprint density at radius 2 is 1.83 bits per heavy atom. The van der Waals surface area contributed by atoms with Gasteiger partial charge in [0.2, 0.25) is 0 Å². The van der Waals surface area contributed by atoms with Gasteiger partial charge in [-0.15, -0.1) is 0 Å². The van der Waals surface area contributed by atoms with Crippen LogP contribution in [0, 0.1) is 0 Å². The number of imidazole rings is 1. The molecule has 0 fully saturated rings. The number of aromatic nitrogens is 4. The van der Waals surface area contributed by atoms with Gasteiger partial charge in [-0.2, -0.15) is 5.10 Å². The van der Waals surface area contributed by atoms with Crippen LogP contribution >= 0.6 is 0 Å². The highest BCUT2D eigenvalue weighted by atomic mass is 16.5. The van der Waals surface area contributed by atoms with Crippen LogP contribution in [0.2, 0.25) is 0 Å². The van der Waals surface area contributed by atoms with Gasteiger partial charge < -0.3 is 19.9 Å². The number of benzene rings is 3. The summed E-state index contributed by atoms with van der Waals surface area (Å²) in [7, 11) is 1.67. The van der Waals surface area contributed by atoms with E-state index >= 15 is 0 Å². The zero-order chi connectivity index (χ0) is 23.8. The predicted molar refractivity (Wildman–Crippen MR) is 136 cm³/mol. The van der Waals surface area contributed by atoms with Gasteiger partial charge in [0.25, 0.3) is 0 Å². The predicted octanol–water partition coefficient (Wildman–Crippen LogP) is 5.47. The van der Waals surface area contributed by atoms with Crippen molar-refractivity contribution in [3.05, 3.63) is 96.8 Å². The van der Waals surface area contributed by atoms with E-state index in [9.17, 15) is 0 Å². The highest BCUT2D eigenvalue weighted by molar-refractivity contribution is 5.90. The van der Waals surface area contributed by atoms with Crippen LogP contribution in [0.25, 0.3) is 27.9 Å². The second-order valence-electron chi connectivity index (χ2n) is 8.16. The average Bonchev–Trinajstić information content (AvgIpc) is 3.54. The van der Waals surface area contributed by atoms with Crippen LogP contribution in [0.5, 0.6) is 5.75 Å². The Balaban J connectivity index is 1.50. The molecule has 3 aromatic carbocycles. The van der Waals surface area contributed by atoms with Crippen LogP contribution in [-0.4, -0.2) is 26.9 Å². The molecule has 0 unspecified atom stereocenters. The minimum atomic E-state index is 0.375. The summed E-state index contributed by atoms with van der Waals surface area (Å²) >= 11 is 0. The molecule has 35 heavy (non-hydrogen) atoms. The Morgan fingerprint density at radius 3 is 2.63 bits per heavy atom. The maximum atomic E-state index is 5.90. The van der Waals surface area contributed by atoms with Crippen molar-refractivity contribution in [2.45, 2.75) is 6.54 Å². The maximum Gasteiger partial charge on any atom is 0.177 e. The first-order valence-corrected chi connectivity index (χ1v) is 11.1. The molecule has 0 saturated heterocycles. The van der Waals surface area contributed by atoms with E-state index in [-0.39, 0.29) is 0 Å². The van der Waals surface area contributed by atoms with Crippen LogP contribution in [0.4, 0.5) is 17.2 Å². The maximum absolute atomic E-state index is 5.90. The van der Waals surface area contributed by atoms with Gasteiger partial charge in [-0.05, 0) is 48.0 Å². The third-order valence-corrected chi connectivity index (χ3v) is 5.99. The molecular formula is C27H22N6O2. The number of methoxy groups -OCH3 is 1. The van der Waals surface area contributed by atoms with Gasteiger partial charge in [0.15, 0.2) is 17.0 Å². The summed E-state index contributed by atoms with van der Waals surface area (Å²) < 4.78 is 12.5. The number of anilines is 3. The molecule has 0 amide bonds. The second-order valence-corrected chi connectivity index (χ2v) is 8.16. The lowest BCUT2D eigenvalue weighted by Crippen LogP contribution is -2.18. The molecule has 3 aromatic heterocycles. The van der Waals surface area contributed by atoms with Crippen LogP contribution in [-0.2, 0) is 6.54 Å². The number of fused-ring (bicyclic) bond motifs is 2. The van der Waals surface area contributed by atoms with Crippen LogP contribution in [0.3, 0.4) is 0 Å². The van der Waals surface area contributed by atoms with E-state index in [1.807, 2.05) is 54.7 Å². The molecule has 0 spiro atoms. The van der Waals surface area contributed by atoms with Gasteiger partial charge in [0, 0.05) is 30.2 Å². The Labute approximate surface area is 201 Å². The van der Waals surface area contributed by atoms with Crippen molar-refractivity contribution in [1.82, 2.24) is 19.8 Å². The Kier molecular flexibility index (Phi) is 5.03. The SMILES string of the molecule is COc1ccc(CN(c2ccccc2)c2cc(-c3ccc4c(N)noc4c3)nn3ccnc23)cc1. The zero-order valence-corrected chi connectivity index (χ0v) is 19.0. The minimum Gasteiger partial charge on any atom is -0.497 e. The van der Waals surface area contributed by atoms with Crippen molar-refractivity contribution in [1.29, 1.82) is 0 Å². The lowest BCUT2D eigenvalue weighted by atomic mass is 10.1. The molecule has 0 atom stereocenters. The smallest absolute Gasteiger partial charge is 0.177 e. The first-order chi connectivity index (χ1) is 17.2. The van der Waals surface area contributed by atoms with E-state index in [0.717, 1.165) is 45.0 Å². The normalized spacial score (nSPS) is 11.2. The average molecular weight is 463 g/mol. The van der Waals surface area contributed by atoms with E-state index in [1.54, 1.807) is 17.8 Å². The largest absolute Gasteiger partial charge is 0.497 e. The van der Waals surface area contributed by atoms with Gasteiger partial charge in [-0.3, -0.25) is 0 Å². The van der Waals surface area contributed by atoms with Gasteiger partial charge >= 0.3 is 0 Å². The first-order valence-electron chi connectivity index (χ1n) is 11.1. The molecule has 6 aromatic rings. The number of rotatable bonds is 6. The fraction of sp³-hybridized carbons (Fsp3) is 0.0741. The van der Waals surface area contributed by atoms with E-state index < -0.39 is 0 Å². The number of para-hydroxylation sites is 1. The molecule has 0 radical (unpaired) electrons. The molecule has 6 rings (SSSR count). The molecule has 3 heterocycles. The van der Waals surface area contributed by atoms with Crippen molar-refractivity contribution >= 4 is 33.8 Å². The summed E-state index contributed by atoms with van der Waals surface area (Å²) in [6.45, 7) is 0.637. The zero-order valence-electron chi connectivity index (χ0n) is 19.0. The Hall–Kier alpha value is -4.85. The summed E-state index contributed by atoms with van der Waals surface area (Å²) in [4.78, 5) is 6.85. The minimum absolute atomic E-state index is 0.375. The van der Waals surface area contributed by atoms with Crippen molar-refractivity contribution in [3.8, 4) is 17.0 Å². The van der Waals surface area contributed by atoms with Crippen molar-refractivity contribution < 1.29 is 9.26 Å². The van der Waals surface area contributed by atoms with Gasteiger partial charge in [-0.1, -0.05) is 41.6 Å². The molecule has 172 valence electrons. The van der Waals surface area contributed by atoms with Gasteiger partial charge in [0.05, 0.1) is 23.9 Å². The van der Waals surface area contributed by atoms with E-state index in [4.69, 9.17) is 20.1 Å². The Bertz CT molecular complexity index is 1620. The third kappa shape index (κ3) is 3.80. The van der Waals surface area contributed by atoms with Crippen molar-refractivity contribution in [3.63, 3.8) is 0 Å². The fourth-order valence-corrected chi connectivity index (χ4v) is 4.19. The summed E-state index contributed by atoms with van der Waals surface area (Å²) in [6.07, 6.45) is 3.61. The van der Waals surface area contributed by atoms with Crippen molar-refractivity contribution in [2.24, 2.45) is 0 Å². The first kappa shape index (κ1) is 20.7. The monoisotopic (exact) mass is 462 g/mol. The van der Waals surface area contributed by atoms with Crippen molar-refractivity contribution in [2.75, 3.05) is 17.7 Å². The number of ether oxygens (including phenoxy) is 1. The summed E-state index contributed by atoms with van der Waals surface area (Å²) in [6, 6.07) is 26.2. The fourth-order valence-electron chi connectivity index (χ4n) is 4.19. The molecule has 2 N–H and O–H groups in total. The standard InChI is InChI=1S/C27H22N6O2/c1-34-21-10-7-18(8-11-21)17-32(20-5-3-2-4-6-20)24-16-23(30-33-14-13-29-27(24)33)19-9-12-22-25(15-19)35-31-26(22)28/h2-16H,17H2,1H3,(H2,28,31). The molecule has 0 saturated carbocycles. The number of nitrogens with zero attached hydrogens (tertiary/aromatic N) is 5. The molecule has 0 aliphatic rings. The topological polar surface area (TPSA) is 94.7 Å².